The second-order valence-electron chi connectivity index (χ2n) is 14.3. The van der Waals surface area contributed by atoms with Crippen molar-refractivity contribution in [3.63, 3.8) is 0 Å². The Morgan fingerprint density at radius 1 is 0.855 bits per heavy atom. The standard InChI is InChI=1S/C43H38FN9O9/c44-31-21-27(33-23-49-43-48-22-28(53(43)51-33)20-25-6-9-32-26(19-25)3-2-12-45-32)7-8-29(31)39(56)47-14-16-61-18-17-60-15-13-46-37(55)24-62-35-5-1-4-30-38(35)42(59)52(41(30)58)34-10-11-36(54)50-40(34)57/h1-9,12,19,21-23,34H,10-11,13-18,20,24H2,(H,46,55)(H,47,56)(H,50,54,57). The number of ether oxygens (including phenoxy) is 3. The summed E-state index contributed by atoms with van der Waals surface area (Å²) >= 11 is 0. The van der Waals surface area contributed by atoms with Crippen molar-refractivity contribution in [3.8, 4) is 17.0 Å². The van der Waals surface area contributed by atoms with Crippen molar-refractivity contribution in [2.24, 2.45) is 0 Å². The number of pyridine rings is 1. The molecule has 1 unspecified atom stereocenters. The van der Waals surface area contributed by atoms with E-state index in [1.807, 2.05) is 24.3 Å². The molecule has 0 aliphatic carbocycles. The van der Waals surface area contributed by atoms with Crippen LogP contribution in [0.2, 0.25) is 0 Å². The highest BCUT2D eigenvalue weighted by Crippen LogP contribution is 2.33. The van der Waals surface area contributed by atoms with Gasteiger partial charge in [-0.25, -0.2) is 18.9 Å². The van der Waals surface area contributed by atoms with Crippen molar-refractivity contribution in [1.82, 2.24) is 45.4 Å². The lowest BCUT2D eigenvalue weighted by Crippen LogP contribution is -2.54. The highest BCUT2D eigenvalue weighted by molar-refractivity contribution is 6.24. The minimum Gasteiger partial charge on any atom is -0.483 e. The van der Waals surface area contributed by atoms with Crippen LogP contribution in [0.3, 0.4) is 0 Å². The van der Waals surface area contributed by atoms with Gasteiger partial charge < -0.3 is 24.8 Å². The summed E-state index contributed by atoms with van der Waals surface area (Å²) in [6.07, 6.45) is 5.51. The van der Waals surface area contributed by atoms with E-state index in [1.54, 1.807) is 23.0 Å². The molecule has 316 valence electrons. The van der Waals surface area contributed by atoms with Gasteiger partial charge in [-0.1, -0.05) is 24.3 Å². The zero-order chi connectivity index (χ0) is 43.2. The number of nitrogens with zero attached hydrogens (tertiary/aromatic N) is 6. The number of halogens is 1. The molecule has 6 amide bonds. The number of hydrogen-bond acceptors (Lipinski definition) is 13. The van der Waals surface area contributed by atoms with E-state index in [2.05, 4.69) is 42.1 Å². The van der Waals surface area contributed by atoms with Gasteiger partial charge in [0.05, 0.1) is 66.7 Å². The zero-order valence-corrected chi connectivity index (χ0v) is 33.0. The number of carbonyl (C=O) groups is 6. The third-order valence-electron chi connectivity index (χ3n) is 10.1. The van der Waals surface area contributed by atoms with E-state index < -0.39 is 53.9 Å². The van der Waals surface area contributed by atoms with Crippen LogP contribution in [0.25, 0.3) is 27.9 Å². The molecule has 19 heteroatoms. The van der Waals surface area contributed by atoms with Crippen molar-refractivity contribution in [3.05, 3.63) is 119 Å². The van der Waals surface area contributed by atoms with Gasteiger partial charge in [-0.05, 0) is 54.4 Å². The molecule has 5 heterocycles. The summed E-state index contributed by atoms with van der Waals surface area (Å²) in [4.78, 5) is 89.2. The Morgan fingerprint density at radius 3 is 2.47 bits per heavy atom. The van der Waals surface area contributed by atoms with Crippen LogP contribution in [0.4, 0.5) is 4.39 Å². The summed E-state index contributed by atoms with van der Waals surface area (Å²) in [5.41, 5.74) is 3.43. The molecular weight excluding hydrogens is 806 g/mol. The molecule has 0 saturated carbocycles. The fraction of sp³-hybridized carbons (Fsp3) is 0.256. The third kappa shape index (κ3) is 8.98. The van der Waals surface area contributed by atoms with Crippen LogP contribution in [-0.4, -0.2) is 117 Å². The van der Waals surface area contributed by atoms with Gasteiger partial charge in [0, 0.05) is 43.1 Å². The number of imide groups is 2. The Labute approximate surface area is 351 Å². The predicted octanol–water partition coefficient (Wildman–Crippen LogP) is 2.43. The number of rotatable bonds is 17. The molecule has 1 saturated heterocycles. The Hall–Kier alpha value is -7.51. The van der Waals surface area contributed by atoms with Crippen LogP contribution in [0.5, 0.6) is 5.75 Å². The van der Waals surface area contributed by atoms with Crippen LogP contribution in [0, 0.1) is 5.82 Å². The molecule has 0 spiro atoms. The maximum absolute atomic E-state index is 15.2. The Bertz CT molecular complexity index is 2740. The maximum Gasteiger partial charge on any atom is 0.266 e. The van der Waals surface area contributed by atoms with Gasteiger partial charge in [-0.15, -0.1) is 0 Å². The molecule has 3 N–H and O–H groups in total. The molecule has 62 heavy (non-hydrogen) atoms. The molecule has 2 aliphatic heterocycles. The number of nitrogens with one attached hydrogen (secondary N) is 3. The summed E-state index contributed by atoms with van der Waals surface area (Å²) in [7, 11) is 0. The molecule has 8 rings (SSSR count). The number of imidazole rings is 1. The van der Waals surface area contributed by atoms with E-state index in [-0.39, 0.29) is 74.8 Å². The number of aromatic nitrogens is 5. The lowest BCUT2D eigenvalue weighted by Gasteiger charge is -2.27. The Morgan fingerprint density at radius 2 is 1.66 bits per heavy atom. The topological polar surface area (TPSA) is 225 Å². The van der Waals surface area contributed by atoms with Crippen LogP contribution in [-0.2, 0) is 30.3 Å². The normalized spacial score (nSPS) is 14.9. The molecule has 6 aromatic rings. The first-order valence-corrected chi connectivity index (χ1v) is 19.7. The average Bonchev–Trinajstić information content (AvgIpc) is 3.79. The number of hydrogen-bond donors (Lipinski definition) is 3. The van der Waals surface area contributed by atoms with Gasteiger partial charge in [0.15, 0.2) is 6.61 Å². The van der Waals surface area contributed by atoms with E-state index in [1.165, 1.54) is 36.5 Å². The summed E-state index contributed by atoms with van der Waals surface area (Å²) in [6.45, 7) is 0.501. The molecule has 18 nitrogen and oxygen atoms in total. The smallest absolute Gasteiger partial charge is 0.266 e. The largest absolute Gasteiger partial charge is 0.483 e. The quantitative estimate of drug-likeness (QED) is 0.0888. The third-order valence-corrected chi connectivity index (χ3v) is 10.1. The summed E-state index contributed by atoms with van der Waals surface area (Å²) in [6, 6.07) is 17.4. The minimum atomic E-state index is -1.13. The molecule has 3 aromatic heterocycles. The lowest BCUT2D eigenvalue weighted by atomic mass is 10.0. The first-order valence-electron chi connectivity index (χ1n) is 19.7. The number of carbonyl (C=O) groups excluding carboxylic acids is 6. The van der Waals surface area contributed by atoms with Crippen molar-refractivity contribution in [2.75, 3.05) is 46.1 Å². The lowest BCUT2D eigenvalue weighted by molar-refractivity contribution is -0.136. The van der Waals surface area contributed by atoms with E-state index in [0.29, 0.717) is 23.5 Å². The van der Waals surface area contributed by atoms with Crippen LogP contribution in [0.1, 0.15) is 55.2 Å². The molecule has 0 bridgehead atoms. The molecular formula is C43H38FN9O9. The number of amides is 6. The molecule has 2 aliphatic rings. The van der Waals surface area contributed by atoms with Gasteiger partial charge in [0.25, 0.3) is 29.4 Å². The molecule has 3 aromatic carbocycles. The average molecular weight is 844 g/mol. The van der Waals surface area contributed by atoms with E-state index >= 15 is 4.39 Å². The van der Waals surface area contributed by atoms with E-state index in [4.69, 9.17) is 14.2 Å². The molecule has 0 radical (unpaired) electrons. The first-order chi connectivity index (χ1) is 30.1. The Kier molecular flexibility index (Phi) is 12.2. The highest BCUT2D eigenvalue weighted by atomic mass is 19.1. The summed E-state index contributed by atoms with van der Waals surface area (Å²) in [5, 5.41) is 13.1. The van der Waals surface area contributed by atoms with Gasteiger partial charge in [-0.3, -0.25) is 44.0 Å². The van der Waals surface area contributed by atoms with E-state index in [0.717, 1.165) is 27.1 Å². The fourth-order valence-electron chi connectivity index (χ4n) is 7.09. The van der Waals surface area contributed by atoms with Crippen molar-refractivity contribution in [2.45, 2.75) is 25.3 Å². The van der Waals surface area contributed by atoms with Gasteiger partial charge in [-0.2, -0.15) is 5.10 Å². The Balaban J connectivity index is 0.719. The first kappa shape index (κ1) is 41.2. The fourth-order valence-corrected chi connectivity index (χ4v) is 7.09. The number of fused-ring (bicyclic) bond motifs is 3. The van der Waals surface area contributed by atoms with Gasteiger partial charge >= 0.3 is 0 Å². The van der Waals surface area contributed by atoms with Crippen molar-refractivity contribution in [1.29, 1.82) is 0 Å². The zero-order valence-electron chi connectivity index (χ0n) is 33.0. The second-order valence-corrected chi connectivity index (χ2v) is 14.3. The van der Waals surface area contributed by atoms with Crippen LogP contribution >= 0.6 is 0 Å². The van der Waals surface area contributed by atoms with Gasteiger partial charge in [0.2, 0.25) is 11.8 Å². The summed E-state index contributed by atoms with van der Waals surface area (Å²) in [5.74, 6) is -4.06. The molecule has 1 atom stereocenters. The monoisotopic (exact) mass is 843 g/mol. The van der Waals surface area contributed by atoms with Crippen molar-refractivity contribution >= 4 is 52.1 Å². The van der Waals surface area contributed by atoms with Crippen molar-refractivity contribution < 1.29 is 47.4 Å². The van der Waals surface area contributed by atoms with Crippen LogP contribution in [0.15, 0.2) is 85.3 Å². The molecule has 1 fully saturated rings. The second kappa shape index (κ2) is 18.4. The number of piperidine rings is 1. The predicted molar refractivity (Wildman–Crippen MR) is 216 cm³/mol. The van der Waals surface area contributed by atoms with Crippen LogP contribution < -0.4 is 20.7 Å². The van der Waals surface area contributed by atoms with E-state index in [9.17, 15) is 28.8 Å². The maximum atomic E-state index is 15.2. The minimum absolute atomic E-state index is 0.00936. The highest BCUT2D eigenvalue weighted by Gasteiger charge is 2.46. The number of benzene rings is 3. The van der Waals surface area contributed by atoms with Gasteiger partial charge in [0.1, 0.15) is 23.3 Å². The summed E-state index contributed by atoms with van der Waals surface area (Å²) < 4.78 is 33.3. The SMILES string of the molecule is O=C(COc1cccc2c1C(=O)N(C1CCC(=O)NC1=O)C2=O)NCCOCCOCCNC(=O)c1ccc(-c2cnc3ncc(Cc4ccc5ncccc5c4)n3n2)cc1F.